The zero-order valence-corrected chi connectivity index (χ0v) is 7.49. The van der Waals surface area contributed by atoms with Crippen LogP contribution in [0.15, 0.2) is 30.3 Å². The van der Waals surface area contributed by atoms with Crippen molar-refractivity contribution in [1.82, 2.24) is 0 Å². The highest BCUT2D eigenvalue weighted by Crippen LogP contribution is 2.05. The Morgan fingerprint density at radius 3 is 2.50 bits per heavy atom. The Bertz CT molecular complexity index is 204. The quantitative estimate of drug-likeness (QED) is 0.650. The summed E-state index contributed by atoms with van der Waals surface area (Å²) in [6, 6.07) is 10.3. The molecule has 0 saturated carbocycles. The predicted molar refractivity (Wildman–Crippen MR) is 49.5 cm³/mol. The van der Waals surface area contributed by atoms with E-state index in [1.54, 1.807) is 6.92 Å². The van der Waals surface area contributed by atoms with E-state index in [0.717, 1.165) is 19.3 Å². The maximum atomic E-state index is 10.7. The maximum absolute atomic E-state index is 10.7. The fourth-order valence-corrected chi connectivity index (χ4v) is 1.24. The van der Waals surface area contributed by atoms with E-state index >= 15 is 0 Å². The highest BCUT2D eigenvalue weighted by atomic mass is 16.3. The fraction of sp³-hybridized carbons (Fsp3) is 0.455. The molecule has 0 amide bonds. The molecule has 0 fully saturated rings. The second-order valence-electron chi connectivity index (χ2n) is 3.19. The van der Waals surface area contributed by atoms with Crippen molar-refractivity contribution in [3.8, 4) is 0 Å². The van der Waals surface area contributed by atoms with Gasteiger partial charge in [-0.05, 0) is 31.7 Å². The van der Waals surface area contributed by atoms with Gasteiger partial charge in [0.1, 0.15) is 0 Å². The highest BCUT2D eigenvalue weighted by molar-refractivity contribution is 5.14. The lowest BCUT2D eigenvalue weighted by Crippen LogP contribution is -1.97. The molecular formula is C11H15O. The minimum absolute atomic E-state index is 0.409. The standard InChI is InChI=1S/C11H15O/c1-10(12)6-5-9-11-7-3-2-4-8-11/h2-4,7-8,10H,5-6,9H2,1H3/t10-/m0/s1. The second-order valence-corrected chi connectivity index (χ2v) is 3.19. The number of rotatable bonds is 4. The summed E-state index contributed by atoms with van der Waals surface area (Å²) >= 11 is 0. The van der Waals surface area contributed by atoms with Gasteiger partial charge in [-0.15, -0.1) is 0 Å². The van der Waals surface area contributed by atoms with Crippen molar-refractivity contribution in [2.45, 2.75) is 32.3 Å². The van der Waals surface area contributed by atoms with Gasteiger partial charge < -0.3 is 0 Å². The summed E-state index contributed by atoms with van der Waals surface area (Å²) in [4.78, 5) is 0. The molecule has 1 radical (unpaired) electrons. The Hall–Kier alpha value is -0.820. The molecule has 0 saturated heterocycles. The molecule has 0 aromatic heterocycles. The molecule has 1 nitrogen and oxygen atoms in total. The van der Waals surface area contributed by atoms with E-state index in [4.69, 9.17) is 0 Å². The van der Waals surface area contributed by atoms with E-state index in [9.17, 15) is 5.11 Å². The minimum Gasteiger partial charge on any atom is -0.233 e. The van der Waals surface area contributed by atoms with Crippen molar-refractivity contribution in [2.24, 2.45) is 0 Å². The summed E-state index contributed by atoms with van der Waals surface area (Å²) in [5.41, 5.74) is 1.33. The van der Waals surface area contributed by atoms with Gasteiger partial charge >= 0.3 is 0 Å². The largest absolute Gasteiger partial charge is 0.233 e. The van der Waals surface area contributed by atoms with Gasteiger partial charge in [-0.25, -0.2) is 5.11 Å². The zero-order chi connectivity index (χ0) is 8.81. The fourth-order valence-electron chi connectivity index (χ4n) is 1.24. The van der Waals surface area contributed by atoms with Crippen molar-refractivity contribution >= 4 is 0 Å². The topological polar surface area (TPSA) is 19.9 Å². The van der Waals surface area contributed by atoms with E-state index in [-0.39, 0.29) is 0 Å². The maximum Gasteiger partial charge on any atom is 0.0902 e. The molecule has 0 N–H and O–H groups in total. The SMILES string of the molecule is C[C@H]([O])CCCc1ccccc1. The van der Waals surface area contributed by atoms with Crippen molar-refractivity contribution in [3.63, 3.8) is 0 Å². The number of hydrogen-bond acceptors (Lipinski definition) is 0. The van der Waals surface area contributed by atoms with E-state index in [1.165, 1.54) is 5.56 Å². The average Bonchev–Trinajstić information content (AvgIpc) is 2.05. The van der Waals surface area contributed by atoms with Crippen LogP contribution in [0, 0.1) is 0 Å². The van der Waals surface area contributed by atoms with Crippen LogP contribution in [0.1, 0.15) is 25.3 Å². The highest BCUT2D eigenvalue weighted by Gasteiger charge is 1.97. The van der Waals surface area contributed by atoms with Gasteiger partial charge in [0.05, 0.1) is 6.10 Å². The normalized spacial score (nSPS) is 12.8. The van der Waals surface area contributed by atoms with Gasteiger partial charge in [0, 0.05) is 0 Å². The van der Waals surface area contributed by atoms with Crippen LogP contribution < -0.4 is 0 Å². The summed E-state index contributed by atoms with van der Waals surface area (Å²) in [6.07, 6.45) is 2.42. The van der Waals surface area contributed by atoms with Gasteiger partial charge in [0.2, 0.25) is 0 Å². The van der Waals surface area contributed by atoms with E-state index in [0.29, 0.717) is 0 Å². The van der Waals surface area contributed by atoms with Crippen LogP contribution in [0.3, 0.4) is 0 Å². The molecule has 1 heteroatoms. The van der Waals surface area contributed by atoms with E-state index in [1.807, 2.05) is 18.2 Å². The van der Waals surface area contributed by atoms with Crippen LogP contribution in [0.2, 0.25) is 0 Å². The average molecular weight is 163 g/mol. The first-order valence-electron chi connectivity index (χ1n) is 4.49. The van der Waals surface area contributed by atoms with Gasteiger partial charge in [-0.2, -0.15) is 0 Å². The first kappa shape index (κ1) is 9.27. The van der Waals surface area contributed by atoms with Crippen LogP contribution in [0.4, 0.5) is 0 Å². The van der Waals surface area contributed by atoms with Crippen LogP contribution in [-0.2, 0) is 11.5 Å². The molecule has 0 heterocycles. The number of benzene rings is 1. The first-order valence-corrected chi connectivity index (χ1v) is 4.49. The van der Waals surface area contributed by atoms with Crippen molar-refractivity contribution in [1.29, 1.82) is 0 Å². The summed E-state index contributed by atoms with van der Waals surface area (Å²) in [7, 11) is 0. The molecule has 65 valence electrons. The van der Waals surface area contributed by atoms with E-state index < -0.39 is 6.10 Å². The van der Waals surface area contributed by atoms with Crippen LogP contribution in [0.25, 0.3) is 0 Å². The van der Waals surface area contributed by atoms with Crippen molar-refractivity contribution in [3.05, 3.63) is 35.9 Å². The zero-order valence-electron chi connectivity index (χ0n) is 7.49. The monoisotopic (exact) mass is 163 g/mol. The molecule has 1 aromatic rings. The molecule has 1 atom stereocenters. The van der Waals surface area contributed by atoms with Gasteiger partial charge in [0.25, 0.3) is 0 Å². The Morgan fingerprint density at radius 2 is 1.92 bits per heavy atom. The Kier molecular flexibility index (Phi) is 3.81. The lowest BCUT2D eigenvalue weighted by atomic mass is 10.1. The Morgan fingerprint density at radius 1 is 1.25 bits per heavy atom. The third kappa shape index (κ3) is 3.54. The molecule has 0 aliphatic carbocycles. The third-order valence-electron chi connectivity index (χ3n) is 1.92. The molecule has 1 rings (SSSR count). The lowest BCUT2D eigenvalue weighted by molar-refractivity contribution is 0.0958. The summed E-state index contributed by atoms with van der Waals surface area (Å²) in [5, 5.41) is 10.7. The van der Waals surface area contributed by atoms with Crippen molar-refractivity contribution in [2.75, 3.05) is 0 Å². The molecule has 0 aliphatic rings. The number of hydrogen-bond donors (Lipinski definition) is 0. The molecule has 0 spiro atoms. The molecule has 0 unspecified atom stereocenters. The summed E-state index contributed by atoms with van der Waals surface area (Å²) < 4.78 is 0. The van der Waals surface area contributed by atoms with Gasteiger partial charge in [0.15, 0.2) is 0 Å². The third-order valence-corrected chi connectivity index (χ3v) is 1.92. The van der Waals surface area contributed by atoms with Crippen LogP contribution in [0.5, 0.6) is 0 Å². The number of aryl methyl sites for hydroxylation is 1. The summed E-state index contributed by atoms with van der Waals surface area (Å²) in [6.45, 7) is 1.73. The Balaban J connectivity index is 2.25. The van der Waals surface area contributed by atoms with Gasteiger partial charge in [-0.1, -0.05) is 30.3 Å². The Labute approximate surface area is 74.1 Å². The minimum atomic E-state index is -0.409. The van der Waals surface area contributed by atoms with Crippen molar-refractivity contribution < 1.29 is 5.11 Å². The lowest BCUT2D eigenvalue weighted by Gasteiger charge is -2.01. The van der Waals surface area contributed by atoms with Crippen LogP contribution >= 0.6 is 0 Å². The summed E-state index contributed by atoms with van der Waals surface area (Å²) in [5.74, 6) is 0. The van der Waals surface area contributed by atoms with Gasteiger partial charge in [-0.3, -0.25) is 0 Å². The van der Waals surface area contributed by atoms with Crippen LogP contribution in [-0.4, -0.2) is 6.10 Å². The molecule has 1 aromatic carbocycles. The van der Waals surface area contributed by atoms with E-state index in [2.05, 4.69) is 12.1 Å². The second kappa shape index (κ2) is 4.94. The molecule has 0 aliphatic heterocycles. The smallest absolute Gasteiger partial charge is 0.0902 e. The predicted octanol–water partition coefficient (Wildman–Crippen LogP) is 2.83. The molecular weight excluding hydrogens is 148 g/mol. The first-order chi connectivity index (χ1) is 5.79. The molecule has 0 bridgehead atoms. The molecule has 12 heavy (non-hydrogen) atoms.